The fourth-order valence-electron chi connectivity index (χ4n) is 0.662. The lowest BCUT2D eigenvalue weighted by atomic mass is 10.3. The van der Waals surface area contributed by atoms with Crippen molar-refractivity contribution in [3.8, 4) is 0 Å². The minimum absolute atomic E-state index is 0.277. The summed E-state index contributed by atoms with van der Waals surface area (Å²) in [6.45, 7) is 0.494. The highest BCUT2D eigenvalue weighted by Gasteiger charge is 2.02. The fourth-order valence-corrected chi connectivity index (χ4v) is 0.851. The van der Waals surface area contributed by atoms with Gasteiger partial charge in [0.2, 0.25) is 0 Å². The van der Waals surface area contributed by atoms with E-state index in [0.29, 0.717) is 12.5 Å². The van der Waals surface area contributed by atoms with Gasteiger partial charge in [0.05, 0.1) is 6.61 Å². The maximum Gasteiger partial charge on any atom is 0.409 e. The first-order chi connectivity index (χ1) is 5.68. The predicted molar refractivity (Wildman–Crippen MR) is 49.6 cm³/mol. The van der Waals surface area contributed by atoms with E-state index in [1.54, 1.807) is 14.1 Å². The van der Waals surface area contributed by atoms with Gasteiger partial charge in [0.15, 0.2) is 0 Å². The van der Waals surface area contributed by atoms with Crippen molar-refractivity contribution in [3.63, 3.8) is 0 Å². The average Bonchev–Trinajstić information content (AvgIpc) is 2.03. The summed E-state index contributed by atoms with van der Waals surface area (Å²) in [5.41, 5.74) is 0. The quantitative estimate of drug-likeness (QED) is 0.494. The molecule has 0 spiro atoms. The van der Waals surface area contributed by atoms with Gasteiger partial charge < -0.3 is 9.64 Å². The zero-order valence-corrected chi connectivity index (χ0v) is 8.43. The third-order valence-electron chi connectivity index (χ3n) is 1.37. The monoisotopic (exact) mass is 193 g/mol. The van der Waals surface area contributed by atoms with Crippen LogP contribution in [-0.2, 0) is 4.74 Å². The van der Waals surface area contributed by atoms with E-state index in [9.17, 15) is 4.79 Å². The van der Waals surface area contributed by atoms with Crippen molar-refractivity contribution < 1.29 is 9.53 Å². The van der Waals surface area contributed by atoms with Crippen LogP contribution < -0.4 is 0 Å². The molecule has 0 aliphatic heterocycles. The van der Waals surface area contributed by atoms with E-state index >= 15 is 0 Å². The molecule has 0 heterocycles. The van der Waals surface area contributed by atoms with Crippen LogP contribution in [0.4, 0.5) is 4.79 Å². The Morgan fingerprint density at radius 1 is 1.33 bits per heavy atom. The van der Waals surface area contributed by atoms with E-state index in [2.05, 4.69) is 0 Å². The molecule has 0 radical (unpaired) electrons. The van der Waals surface area contributed by atoms with E-state index < -0.39 is 0 Å². The number of carbonyl (C=O) groups excluding carboxylic acids is 1. The molecule has 0 unspecified atom stereocenters. The number of amides is 1. The molecule has 0 aromatic heterocycles. The van der Waals surface area contributed by atoms with Crippen LogP contribution in [-0.4, -0.2) is 37.6 Å². The van der Waals surface area contributed by atoms with Crippen LogP contribution >= 0.6 is 11.6 Å². The maximum atomic E-state index is 10.9. The van der Waals surface area contributed by atoms with Crippen molar-refractivity contribution >= 4 is 17.7 Å². The Morgan fingerprint density at radius 2 is 2.00 bits per heavy atom. The Morgan fingerprint density at radius 3 is 2.50 bits per heavy atom. The lowest BCUT2D eigenvalue weighted by Crippen LogP contribution is -2.23. The molecule has 0 rings (SSSR count). The summed E-state index contributed by atoms with van der Waals surface area (Å²) in [6.07, 6.45) is 2.62. The molecular formula is C8H16ClNO2. The smallest absolute Gasteiger partial charge is 0.409 e. The zero-order chi connectivity index (χ0) is 9.40. The highest BCUT2D eigenvalue weighted by molar-refractivity contribution is 6.17. The average molecular weight is 194 g/mol. The number of rotatable bonds is 5. The molecule has 0 aromatic carbocycles. The Balaban J connectivity index is 3.14. The van der Waals surface area contributed by atoms with Crippen LogP contribution in [0, 0.1) is 0 Å². The molecule has 0 saturated carbocycles. The van der Waals surface area contributed by atoms with E-state index in [-0.39, 0.29) is 6.09 Å². The van der Waals surface area contributed by atoms with Gasteiger partial charge in [-0.2, -0.15) is 0 Å². The molecule has 0 saturated heterocycles. The van der Waals surface area contributed by atoms with Crippen LogP contribution in [0.15, 0.2) is 0 Å². The van der Waals surface area contributed by atoms with Crippen molar-refractivity contribution in [2.24, 2.45) is 0 Å². The number of ether oxygens (including phenoxy) is 1. The number of hydrogen-bond donors (Lipinski definition) is 0. The molecule has 0 fully saturated rings. The van der Waals surface area contributed by atoms with Gasteiger partial charge in [-0.1, -0.05) is 0 Å². The first kappa shape index (κ1) is 11.6. The van der Waals surface area contributed by atoms with Crippen LogP contribution in [0.25, 0.3) is 0 Å². The van der Waals surface area contributed by atoms with Gasteiger partial charge in [-0.25, -0.2) is 4.79 Å². The first-order valence-electron chi connectivity index (χ1n) is 4.08. The van der Waals surface area contributed by atoms with Crippen molar-refractivity contribution in [1.29, 1.82) is 0 Å². The summed E-state index contributed by atoms with van der Waals surface area (Å²) in [6, 6.07) is 0. The molecule has 0 atom stereocenters. The summed E-state index contributed by atoms with van der Waals surface area (Å²) in [4.78, 5) is 12.3. The lowest BCUT2D eigenvalue weighted by molar-refractivity contribution is 0.116. The number of alkyl halides is 1. The molecular weight excluding hydrogens is 178 g/mol. The summed E-state index contributed by atoms with van der Waals surface area (Å²) >= 11 is 5.48. The van der Waals surface area contributed by atoms with Gasteiger partial charge in [0, 0.05) is 20.0 Å². The Bertz CT molecular complexity index is 128. The second-order valence-corrected chi connectivity index (χ2v) is 3.14. The van der Waals surface area contributed by atoms with E-state index in [1.165, 1.54) is 4.90 Å². The van der Waals surface area contributed by atoms with Crippen molar-refractivity contribution in [2.75, 3.05) is 26.6 Å². The van der Waals surface area contributed by atoms with E-state index in [4.69, 9.17) is 16.3 Å². The van der Waals surface area contributed by atoms with Crippen molar-refractivity contribution in [1.82, 2.24) is 4.90 Å². The number of carbonyl (C=O) groups is 1. The van der Waals surface area contributed by atoms with Crippen LogP contribution in [0.2, 0.25) is 0 Å². The molecule has 12 heavy (non-hydrogen) atoms. The third kappa shape index (κ3) is 6.28. The molecule has 72 valence electrons. The van der Waals surface area contributed by atoms with E-state index in [0.717, 1.165) is 19.3 Å². The van der Waals surface area contributed by atoms with Crippen LogP contribution in [0.5, 0.6) is 0 Å². The van der Waals surface area contributed by atoms with Crippen molar-refractivity contribution in [3.05, 3.63) is 0 Å². The van der Waals surface area contributed by atoms with Gasteiger partial charge in [0.25, 0.3) is 0 Å². The summed E-state index contributed by atoms with van der Waals surface area (Å²) in [5, 5.41) is 0. The van der Waals surface area contributed by atoms with Gasteiger partial charge in [-0.3, -0.25) is 0 Å². The molecule has 3 nitrogen and oxygen atoms in total. The van der Waals surface area contributed by atoms with Crippen molar-refractivity contribution in [2.45, 2.75) is 19.3 Å². The summed E-state index contributed by atoms with van der Waals surface area (Å²) in [7, 11) is 3.34. The standard InChI is InChI=1S/C8H16ClNO2/c1-10(2)8(11)12-7-5-3-4-6-9/h3-7H2,1-2H3. The largest absolute Gasteiger partial charge is 0.449 e. The summed E-state index contributed by atoms with van der Waals surface area (Å²) < 4.78 is 4.89. The van der Waals surface area contributed by atoms with Crippen LogP contribution in [0.1, 0.15) is 19.3 Å². The lowest BCUT2D eigenvalue weighted by Gasteiger charge is -2.10. The maximum absolute atomic E-state index is 10.9. The Hall–Kier alpha value is -0.440. The predicted octanol–water partition coefficient (Wildman–Crippen LogP) is 2.09. The molecule has 0 N–H and O–H groups in total. The highest BCUT2D eigenvalue weighted by atomic mass is 35.5. The molecule has 1 amide bonds. The molecule has 0 aromatic rings. The van der Waals surface area contributed by atoms with Gasteiger partial charge in [-0.15, -0.1) is 11.6 Å². The minimum Gasteiger partial charge on any atom is -0.449 e. The topological polar surface area (TPSA) is 29.5 Å². The molecule has 0 bridgehead atoms. The zero-order valence-electron chi connectivity index (χ0n) is 7.68. The molecule has 0 aliphatic carbocycles. The number of nitrogens with zero attached hydrogens (tertiary/aromatic N) is 1. The summed E-state index contributed by atoms with van der Waals surface area (Å²) in [5.74, 6) is 0.682. The Kier molecular flexibility index (Phi) is 6.96. The Labute approximate surface area is 78.6 Å². The highest BCUT2D eigenvalue weighted by Crippen LogP contribution is 1.98. The van der Waals surface area contributed by atoms with Gasteiger partial charge >= 0.3 is 6.09 Å². The molecule has 0 aliphatic rings. The number of hydrogen-bond acceptors (Lipinski definition) is 2. The fraction of sp³-hybridized carbons (Fsp3) is 0.875. The normalized spacial score (nSPS) is 9.58. The third-order valence-corrected chi connectivity index (χ3v) is 1.64. The van der Waals surface area contributed by atoms with Crippen LogP contribution in [0.3, 0.4) is 0 Å². The van der Waals surface area contributed by atoms with E-state index in [1.807, 2.05) is 0 Å². The second-order valence-electron chi connectivity index (χ2n) is 2.76. The molecule has 4 heteroatoms. The first-order valence-corrected chi connectivity index (χ1v) is 4.62. The second kappa shape index (κ2) is 7.22. The number of halogens is 1. The minimum atomic E-state index is -0.277. The number of unbranched alkanes of at least 4 members (excludes halogenated alkanes) is 2. The SMILES string of the molecule is CN(C)C(=O)OCCCCCCl. The van der Waals surface area contributed by atoms with Gasteiger partial charge in [-0.05, 0) is 19.3 Å². The van der Waals surface area contributed by atoms with Gasteiger partial charge in [0.1, 0.15) is 0 Å².